The van der Waals surface area contributed by atoms with Crippen LogP contribution in [-0.2, 0) is 4.79 Å². The second-order valence-corrected chi connectivity index (χ2v) is 4.96. The number of carbonyl (C=O) groups excluding carboxylic acids is 1. The van der Waals surface area contributed by atoms with Crippen molar-refractivity contribution in [1.29, 1.82) is 0 Å². The van der Waals surface area contributed by atoms with Crippen LogP contribution in [0.3, 0.4) is 0 Å². The first kappa shape index (κ1) is 13.1. The first-order chi connectivity index (χ1) is 8.29. The Morgan fingerprint density at radius 2 is 2.06 bits per heavy atom. The Kier molecular flexibility index (Phi) is 3.76. The van der Waals surface area contributed by atoms with E-state index in [-0.39, 0.29) is 24.2 Å². The van der Waals surface area contributed by atoms with Crippen LogP contribution in [0.1, 0.15) is 19.3 Å². The van der Waals surface area contributed by atoms with Crippen molar-refractivity contribution in [2.75, 3.05) is 17.7 Å². The number of aromatic nitrogens is 1. The van der Waals surface area contributed by atoms with E-state index in [0.29, 0.717) is 11.8 Å². The lowest BCUT2D eigenvalue weighted by Gasteiger charge is -2.06. The van der Waals surface area contributed by atoms with Crippen LogP contribution in [0.4, 0.5) is 11.5 Å². The molecule has 2 aliphatic rings. The summed E-state index contributed by atoms with van der Waals surface area (Å²) in [6, 6.07) is 3.75. The Labute approximate surface area is 113 Å². The predicted octanol–water partition coefficient (Wildman–Crippen LogP) is 2.53. The molecular weight excluding hydrogens is 250 g/mol. The summed E-state index contributed by atoms with van der Waals surface area (Å²) in [5.74, 6) is 2.59. The summed E-state index contributed by atoms with van der Waals surface area (Å²) in [5, 5.41) is 5.91. The first-order valence-corrected chi connectivity index (χ1v) is 6.24. The third kappa shape index (κ3) is 2.29. The van der Waals surface area contributed by atoms with Crippen LogP contribution < -0.4 is 10.6 Å². The van der Waals surface area contributed by atoms with Crippen molar-refractivity contribution < 1.29 is 4.79 Å². The third-order valence-corrected chi connectivity index (χ3v) is 4.00. The van der Waals surface area contributed by atoms with Crippen LogP contribution in [0.15, 0.2) is 18.3 Å². The Hall–Kier alpha value is -1.29. The molecule has 1 amide bonds. The van der Waals surface area contributed by atoms with Crippen molar-refractivity contribution in [3.05, 3.63) is 18.3 Å². The summed E-state index contributed by atoms with van der Waals surface area (Å²) in [6.07, 6.45) is 5.47. The zero-order valence-corrected chi connectivity index (χ0v) is 11.2. The zero-order valence-electron chi connectivity index (χ0n) is 10.3. The molecule has 2 unspecified atom stereocenters. The molecule has 2 saturated carbocycles. The largest absolute Gasteiger partial charge is 0.373 e. The highest BCUT2D eigenvalue weighted by molar-refractivity contribution is 5.94. The fraction of sp³-hybridized carbons (Fsp3) is 0.538. The summed E-state index contributed by atoms with van der Waals surface area (Å²) >= 11 is 0. The van der Waals surface area contributed by atoms with E-state index in [9.17, 15) is 4.79 Å². The Bertz CT molecular complexity index is 424. The molecular formula is C13H18ClN3O. The average Bonchev–Trinajstić information content (AvgIpc) is 2.85. The highest BCUT2D eigenvalue weighted by atomic mass is 35.5. The minimum atomic E-state index is 0. The number of hydrogen-bond donors (Lipinski definition) is 2. The lowest BCUT2D eigenvalue weighted by Crippen LogP contribution is -2.16. The van der Waals surface area contributed by atoms with Gasteiger partial charge in [-0.05, 0) is 36.8 Å². The van der Waals surface area contributed by atoms with Crippen LogP contribution in [0.2, 0.25) is 0 Å². The second-order valence-electron chi connectivity index (χ2n) is 4.96. The fourth-order valence-electron chi connectivity index (χ4n) is 3.05. The van der Waals surface area contributed by atoms with Crippen LogP contribution in [0.5, 0.6) is 0 Å². The summed E-state index contributed by atoms with van der Waals surface area (Å²) < 4.78 is 0. The fourth-order valence-corrected chi connectivity index (χ4v) is 3.05. The summed E-state index contributed by atoms with van der Waals surface area (Å²) in [7, 11) is 1.83. The molecule has 3 rings (SSSR count). The number of halogens is 1. The first-order valence-electron chi connectivity index (χ1n) is 6.24. The van der Waals surface area contributed by atoms with E-state index in [4.69, 9.17) is 0 Å². The number of carbonyl (C=O) groups is 1. The highest BCUT2D eigenvalue weighted by Crippen LogP contribution is 2.57. The lowest BCUT2D eigenvalue weighted by atomic mass is 10.1. The molecule has 2 fully saturated rings. The van der Waals surface area contributed by atoms with Crippen molar-refractivity contribution in [3.8, 4) is 0 Å². The molecule has 0 spiro atoms. The maximum atomic E-state index is 12.0. The SMILES string of the molecule is CNc1ccc(NC(=O)C2C3CCCC32)cn1.Cl. The van der Waals surface area contributed by atoms with E-state index in [1.54, 1.807) is 6.20 Å². The van der Waals surface area contributed by atoms with Crippen LogP contribution in [-0.4, -0.2) is 17.9 Å². The lowest BCUT2D eigenvalue weighted by molar-refractivity contribution is -0.118. The van der Waals surface area contributed by atoms with Gasteiger partial charge in [0, 0.05) is 13.0 Å². The van der Waals surface area contributed by atoms with Gasteiger partial charge in [0.15, 0.2) is 0 Å². The Morgan fingerprint density at radius 3 is 2.61 bits per heavy atom. The molecule has 2 aliphatic carbocycles. The molecule has 5 heteroatoms. The highest BCUT2D eigenvalue weighted by Gasteiger charge is 2.56. The maximum absolute atomic E-state index is 12.0. The monoisotopic (exact) mass is 267 g/mol. The summed E-state index contributed by atoms with van der Waals surface area (Å²) in [6.45, 7) is 0. The summed E-state index contributed by atoms with van der Waals surface area (Å²) in [5.41, 5.74) is 0.791. The molecule has 2 atom stereocenters. The van der Waals surface area contributed by atoms with Gasteiger partial charge in [-0.2, -0.15) is 0 Å². The third-order valence-electron chi connectivity index (χ3n) is 4.00. The van der Waals surface area contributed by atoms with E-state index in [1.165, 1.54) is 19.3 Å². The smallest absolute Gasteiger partial charge is 0.228 e. The molecule has 2 N–H and O–H groups in total. The number of anilines is 2. The van der Waals surface area contributed by atoms with Crippen LogP contribution >= 0.6 is 12.4 Å². The zero-order chi connectivity index (χ0) is 11.8. The van der Waals surface area contributed by atoms with E-state index in [2.05, 4.69) is 15.6 Å². The van der Waals surface area contributed by atoms with E-state index in [0.717, 1.165) is 11.5 Å². The number of amides is 1. The van der Waals surface area contributed by atoms with Gasteiger partial charge >= 0.3 is 0 Å². The number of fused-ring (bicyclic) bond motifs is 1. The van der Waals surface area contributed by atoms with Crippen LogP contribution in [0.25, 0.3) is 0 Å². The topological polar surface area (TPSA) is 54.0 Å². The quantitative estimate of drug-likeness (QED) is 0.885. The average molecular weight is 268 g/mol. The van der Waals surface area contributed by atoms with Gasteiger partial charge in [0.05, 0.1) is 11.9 Å². The second kappa shape index (κ2) is 5.14. The van der Waals surface area contributed by atoms with Gasteiger partial charge in [-0.3, -0.25) is 4.79 Å². The maximum Gasteiger partial charge on any atom is 0.228 e. The Balaban J connectivity index is 0.00000120. The van der Waals surface area contributed by atoms with E-state index >= 15 is 0 Å². The van der Waals surface area contributed by atoms with Gasteiger partial charge in [-0.25, -0.2) is 4.98 Å². The summed E-state index contributed by atoms with van der Waals surface area (Å²) in [4.78, 5) is 16.2. The van der Waals surface area contributed by atoms with Gasteiger partial charge in [-0.1, -0.05) is 6.42 Å². The minimum Gasteiger partial charge on any atom is -0.373 e. The van der Waals surface area contributed by atoms with Crippen molar-refractivity contribution in [2.45, 2.75) is 19.3 Å². The molecule has 0 saturated heterocycles. The van der Waals surface area contributed by atoms with Crippen molar-refractivity contribution in [2.24, 2.45) is 17.8 Å². The number of rotatable bonds is 3. The molecule has 0 radical (unpaired) electrons. The minimum absolute atomic E-state index is 0. The van der Waals surface area contributed by atoms with E-state index < -0.39 is 0 Å². The van der Waals surface area contributed by atoms with Gasteiger partial charge in [-0.15, -0.1) is 12.4 Å². The van der Waals surface area contributed by atoms with Crippen LogP contribution in [0, 0.1) is 17.8 Å². The van der Waals surface area contributed by atoms with Gasteiger partial charge in [0.25, 0.3) is 0 Å². The number of nitrogens with one attached hydrogen (secondary N) is 2. The molecule has 1 heterocycles. The Morgan fingerprint density at radius 1 is 1.33 bits per heavy atom. The normalized spacial score (nSPS) is 27.9. The van der Waals surface area contributed by atoms with Gasteiger partial charge in [0.1, 0.15) is 5.82 Å². The molecule has 1 aromatic rings. The van der Waals surface area contributed by atoms with E-state index in [1.807, 2.05) is 19.2 Å². The number of pyridine rings is 1. The molecule has 0 bridgehead atoms. The van der Waals surface area contributed by atoms with Crippen molar-refractivity contribution in [3.63, 3.8) is 0 Å². The van der Waals surface area contributed by atoms with Gasteiger partial charge in [0.2, 0.25) is 5.91 Å². The van der Waals surface area contributed by atoms with Crippen molar-refractivity contribution in [1.82, 2.24) is 4.98 Å². The van der Waals surface area contributed by atoms with Crippen molar-refractivity contribution >= 4 is 29.8 Å². The number of nitrogens with zero attached hydrogens (tertiary/aromatic N) is 1. The molecule has 0 aromatic carbocycles. The van der Waals surface area contributed by atoms with Gasteiger partial charge < -0.3 is 10.6 Å². The molecule has 1 aromatic heterocycles. The standard InChI is InChI=1S/C13H17N3O.ClH/c1-14-11-6-5-8(7-15-11)16-13(17)12-9-3-2-4-10(9)12;/h5-7,9-10,12H,2-4H2,1H3,(H,14,15)(H,16,17);1H. The molecule has 98 valence electrons. The molecule has 0 aliphatic heterocycles. The number of hydrogen-bond acceptors (Lipinski definition) is 3. The predicted molar refractivity (Wildman–Crippen MR) is 74.0 cm³/mol. The molecule has 4 nitrogen and oxygen atoms in total. The molecule has 18 heavy (non-hydrogen) atoms.